The Morgan fingerprint density at radius 3 is 2.83 bits per heavy atom. The zero-order valence-electron chi connectivity index (χ0n) is 13.1. The molecular formula is C15H20N6O2. The fourth-order valence-electron chi connectivity index (χ4n) is 2.86. The molecule has 3 rings (SSSR count). The molecule has 0 saturated carbocycles. The first-order chi connectivity index (χ1) is 11.0. The molecule has 0 radical (unpaired) electrons. The highest BCUT2D eigenvalue weighted by Crippen LogP contribution is 2.21. The Hall–Kier alpha value is -2.48. The third-order valence-electron chi connectivity index (χ3n) is 3.89. The van der Waals surface area contributed by atoms with Gasteiger partial charge in [0, 0.05) is 24.2 Å². The zero-order valence-corrected chi connectivity index (χ0v) is 13.1. The highest BCUT2D eigenvalue weighted by Gasteiger charge is 2.38. The van der Waals surface area contributed by atoms with Gasteiger partial charge in [0.15, 0.2) is 0 Å². The van der Waals surface area contributed by atoms with Crippen molar-refractivity contribution < 1.29 is 9.59 Å². The Balaban J connectivity index is 1.85. The van der Waals surface area contributed by atoms with E-state index in [1.807, 2.05) is 13.8 Å². The van der Waals surface area contributed by atoms with Crippen LogP contribution in [0.15, 0.2) is 18.2 Å². The number of aromatic amines is 1. The van der Waals surface area contributed by atoms with Crippen LogP contribution in [-0.2, 0) is 4.79 Å². The topological polar surface area (TPSA) is 117 Å². The average Bonchev–Trinajstić information content (AvgIpc) is 3.11. The molecule has 23 heavy (non-hydrogen) atoms. The molecule has 2 heterocycles. The monoisotopic (exact) mass is 316 g/mol. The minimum atomic E-state index is -0.534. The van der Waals surface area contributed by atoms with Crippen molar-refractivity contribution in [1.82, 2.24) is 25.6 Å². The first kappa shape index (κ1) is 15.4. The van der Waals surface area contributed by atoms with Gasteiger partial charge in [0.25, 0.3) is 5.91 Å². The highest BCUT2D eigenvalue weighted by atomic mass is 16.2. The first-order valence-corrected chi connectivity index (χ1v) is 7.63. The fourth-order valence-corrected chi connectivity index (χ4v) is 2.86. The lowest BCUT2D eigenvalue weighted by Crippen LogP contribution is -2.47. The maximum Gasteiger partial charge on any atom is 0.254 e. The van der Waals surface area contributed by atoms with Crippen LogP contribution in [0.1, 0.15) is 30.6 Å². The third-order valence-corrected chi connectivity index (χ3v) is 3.89. The van der Waals surface area contributed by atoms with Gasteiger partial charge < -0.3 is 16.0 Å². The van der Waals surface area contributed by atoms with Gasteiger partial charge in [-0.2, -0.15) is 15.4 Å². The van der Waals surface area contributed by atoms with Crippen molar-refractivity contribution in [3.8, 4) is 0 Å². The number of hydrogen-bond donors (Lipinski definition) is 3. The van der Waals surface area contributed by atoms with Gasteiger partial charge in [-0.1, -0.05) is 0 Å². The summed E-state index contributed by atoms with van der Waals surface area (Å²) in [6, 6.07) is 4.37. The van der Waals surface area contributed by atoms with Gasteiger partial charge in [0.05, 0.1) is 0 Å². The number of rotatable bonds is 3. The number of benzene rings is 1. The second-order valence-corrected chi connectivity index (χ2v) is 6.16. The number of likely N-dealkylation sites (tertiary alicyclic amines) is 1. The number of hydrogen-bond acceptors (Lipinski definition) is 5. The van der Waals surface area contributed by atoms with E-state index in [-0.39, 0.29) is 23.9 Å². The van der Waals surface area contributed by atoms with Crippen LogP contribution in [0.25, 0.3) is 11.0 Å². The minimum absolute atomic E-state index is 0.0164. The van der Waals surface area contributed by atoms with Gasteiger partial charge >= 0.3 is 0 Å². The lowest BCUT2D eigenvalue weighted by atomic mass is 10.1. The van der Waals surface area contributed by atoms with Crippen molar-refractivity contribution in [2.75, 3.05) is 6.54 Å². The van der Waals surface area contributed by atoms with E-state index in [0.29, 0.717) is 29.6 Å². The molecule has 0 spiro atoms. The maximum atomic E-state index is 12.8. The summed E-state index contributed by atoms with van der Waals surface area (Å²) in [4.78, 5) is 26.7. The number of carbonyl (C=O) groups excluding carboxylic acids is 2. The molecule has 1 aromatic carbocycles. The smallest absolute Gasteiger partial charge is 0.254 e. The van der Waals surface area contributed by atoms with Crippen LogP contribution in [0, 0.1) is 0 Å². The van der Waals surface area contributed by atoms with Crippen molar-refractivity contribution in [1.29, 1.82) is 0 Å². The van der Waals surface area contributed by atoms with E-state index in [1.165, 1.54) is 0 Å². The molecule has 1 aliphatic rings. The third kappa shape index (κ3) is 3.02. The van der Waals surface area contributed by atoms with Gasteiger partial charge in [-0.3, -0.25) is 9.59 Å². The molecule has 0 unspecified atom stereocenters. The van der Waals surface area contributed by atoms with Crippen molar-refractivity contribution >= 4 is 22.8 Å². The fraction of sp³-hybridized carbons (Fsp3) is 0.467. The van der Waals surface area contributed by atoms with Crippen molar-refractivity contribution in [3.63, 3.8) is 0 Å². The van der Waals surface area contributed by atoms with Gasteiger partial charge in [0.2, 0.25) is 5.91 Å². The van der Waals surface area contributed by atoms with Crippen LogP contribution in [-0.4, -0.2) is 56.8 Å². The predicted molar refractivity (Wildman–Crippen MR) is 84.6 cm³/mol. The van der Waals surface area contributed by atoms with Crippen molar-refractivity contribution in [2.45, 2.75) is 38.4 Å². The van der Waals surface area contributed by atoms with E-state index in [4.69, 9.17) is 5.73 Å². The summed E-state index contributed by atoms with van der Waals surface area (Å²) in [5.41, 5.74) is 7.75. The maximum absolute atomic E-state index is 12.8. The van der Waals surface area contributed by atoms with E-state index in [0.717, 1.165) is 0 Å². The number of carbonyl (C=O) groups is 2. The number of H-pyrrole nitrogens is 1. The Bertz CT molecular complexity index is 740. The molecule has 2 amide bonds. The minimum Gasteiger partial charge on any atom is -0.352 e. The Labute approximate surface area is 133 Å². The van der Waals surface area contributed by atoms with Crippen molar-refractivity contribution in [2.24, 2.45) is 5.73 Å². The van der Waals surface area contributed by atoms with Crippen LogP contribution in [0.4, 0.5) is 0 Å². The summed E-state index contributed by atoms with van der Waals surface area (Å²) >= 11 is 0. The lowest BCUT2D eigenvalue weighted by molar-refractivity contribution is -0.125. The van der Waals surface area contributed by atoms with E-state index in [2.05, 4.69) is 20.7 Å². The molecule has 2 atom stereocenters. The highest BCUT2D eigenvalue weighted by molar-refractivity contribution is 6.00. The Morgan fingerprint density at radius 1 is 1.35 bits per heavy atom. The summed E-state index contributed by atoms with van der Waals surface area (Å²) < 4.78 is 0. The molecule has 4 N–H and O–H groups in total. The molecule has 1 aliphatic heterocycles. The summed E-state index contributed by atoms with van der Waals surface area (Å²) in [5.74, 6) is -0.379. The zero-order chi connectivity index (χ0) is 16.6. The van der Waals surface area contributed by atoms with Crippen LogP contribution in [0.3, 0.4) is 0 Å². The summed E-state index contributed by atoms with van der Waals surface area (Å²) in [6.45, 7) is 4.14. The molecule has 8 heteroatoms. The molecule has 1 aromatic heterocycles. The van der Waals surface area contributed by atoms with Crippen LogP contribution < -0.4 is 11.1 Å². The number of aromatic nitrogens is 3. The summed E-state index contributed by atoms with van der Waals surface area (Å²) in [7, 11) is 0. The molecular weight excluding hydrogens is 296 g/mol. The Morgan fingerprint density at radius 2 is 2.09 bits per heavy atom. The molecule has 1 fully saturated rings. The molecule has 2 aromatic rings. The Kier molecular flexibility index (Phi) is 3.99. The normalized spacial score (nSPS) is 21.1. The van der Waals surface area contributed by atoms with Crippen LogP contribution in [0.5, 0.6) is 0 Å². The second-order valence-electron chi connectivity index (χ2n) is 6.16. The number of nitrogens with zero attached hydrogens (tertiary/aromatic N) is 3. The number of nitrogens with two attached hydrogens (primary N) is 1. The van der Waals surface area contributed by atoms with Gasteiger partial charge in [-0.25, -0.2) is 0 Å². The van der Waals surface area contributed by atoms with Crippen LogP contribution >= 0.6 is 0 Å². The summed E-state index contributed by atoms with van der Waals surface area (Å²) in [5, 5.41) is 13.3. The van der Waals surface area contributed by atoms with Gasteiger partial charge in [-0.15, -0.1) is 0 Å². The van der Waals surface area contributed by atoms with E-state index in [9.17, 15) is 9.59 Å². The second kappa shape index (κ2) is 5.96. The SMILES string of the molecule is CC(C)NC(=O)[C@@H]1C[C@H](N)CN1C(=O)c1ccc2n[nH]nc2c1. The van der Waals surface area contributed by atoms with E-state index < -0.39 is 6.04 Å². The predicted octanol–water partition coefficient (Wildman–Crippen LogP) is 0.0243. The number of nitrogens with one attached hydrogen (secondary N) is 2. The average molecular weight is 316 g/mol. The molecule has 0 bridgehead atoms. The molecule has 1 saturated heterocycles. The van der Waals surface area contributed by atoms with E-state index in [1.54, 1.807) is 23.1 Å². The standard InChI is InChI=1S/C15H20N6O2/c1-8(2)17-14(22)13-6-10(16)7-21(13)15(23)9-3-4-11-12(5-9)19-20-18-11/h3-5,8,10,13H,6-7,16H2,1-2H3,(H,17,22)(H,18,19,20)/t10-,13-/m0/s1. The molecule has 122 valence electrons. The van der Waals surface area contributed by atoms with Gasteiger partial charge in [0.1, 0.15) is 17.1 Å². The lowest BCUT2D eigenvalue weighted by Gasteiger charge is -2.24. The first-order valence-electron chi connectivity index (χ1n) is 7.63. The molecule has 0 aliphatic carbocycles. The van der Waals surface area contributed by atoms with Crippen LogP contribution in [0.2, 0.25) is 0 Å². The number of fused-ring (bicyclic) bond motifs is 1. The summed E-state index contributed by atoms with van der Waals surface area (Å²) in [6.07, 6.45) is 0.469. The van der Waals surface area contributed by atoms with Gasteiger partial charge in [-0.05, 0) is 38.5 Å². The molecule has 8 nitrogen and oxygen atoms in total. The largest absolute Gasteiger partial charge is 0.352 e. The van der Waals surface area contributed by atoms with E-state index >= 15 is 0 Å². The van der Waals surface area contributed by atoms with Crippen molar-refractivity contribution in [3.05, 3.63) is 23.8 Å². The quantitative estimate of drug-likeness (QED) is 0.738. The number of amides is 2.